The molecule has 104 valence electrons. The second kappa shape index (κ2) is 6.43. The van der Waals surface area contributed by atoms with Crippen LogP contribution >= 0.6 is 12.4 Å². The number of nitrogens with two attached hydrogens (primary N) is 1. The molecule has 2 rings (SSSR count). The van der Waals surface area contributed by atoms with Crippen molar-refractivity contribution in [3.05, 3.63) is 29.8 Å². The molecule has 1 aliphatic heterocycles. The van der Waals surface area contributed by atoms with Gasteiger partial charge in [0.05, 0.1) is 5.92 Å². The quantitative estimate of drug-likeness (QED) is 0.582. The van der Waals surface area contributed by atoms with Gasteiger partial charge in [0.15, 0.2) is 0 Å². The Labute approximate surface area is 118 Å². The normalized spacial score (nSPS) is 18.5. The number of nitrogen functional groups attached to an aromatic ring is 1. The van der Waals surface area contributed by atoms with Crippen LogP contribution < -0.4 is 10.6 Å². The summed E-state index contributed by atoms with van der Waals surface area (Å²) in [6, 6.07) is 7.37. The number of anilines is 1. The van der Waals surface area contributed by atoms with Crippen molar-refractivity contribution in [1.29, 1.82) is 5.41 Å². The van der Waals surface area contributed by atoms with E-state index in [9.17, 15) is 4.79 Å². The zero-order valence-corrected chi connectivity index (χ0v) is 11.3. The third-order valence-electron chi connectivity index (χ3n) is 3.31. The first-order valence-corrected chi connectivity index (χ1v) is 6.00. The fraction of sp³-hybridized carbons (Fsp3) is 0.385. The van der Waals surface area contributed by atoms with Crippen molar-refractivity contribution in [2.24, 2.45) is 11.7 Å². The summed E-state index contributed by atoms with van der Waals surface area (Å²) in [5, 5.41) is 16.4. The Morgan fingerprint density at radius 1 is 1.37 bits per heavy atom. The number of rotatable bonds is 3. The molecular formula is C13H18ClN3O2. The van der Waals surface area contributed by atoms with E-state index in [4.69, 9.17) is 16.2 Å². The molecule has 1 aliphatic rings. The zero-order valence-electron chi connectivity index (χ0n) is 10.5. The molecule has 1 atom stereocenters. The van der Waals surface area contributed by atoms with Gasteiger partial charge in [-0.1, -0.05) is 0 Å². The molecule has 5 nitrogen and oxygen atoms in total. The summed E-state index contributed by atoms with van der Waals surface area (Å²) in [7, 11) is 0. The molecule has 1 heterocycles. The molecule has 0 bridgehead atoms. The maximum atomic E-state index is 11.0. The van der Waals surface area contributed by atoms with Crippen LogP contribution in [0.5, 0.6) is 0 Å². The van der Waals surface area contributed by atoms with Crippen molar-refractivity contribution in [1.82, 2.24) is 0 Å². The first-order valence-electron chi connectivity index (χ1n) is 6.00. The second-order valence-corrected chi connectivity index (χ2v) is 4.58. The molecule has 6 heteroatoms. The summed E-state index contributed by atoms with van der Waals surface area (Å²) >= 11 is 0. The Bertz CT molecular complexity index is 461. The largest absolute Gasteiger partial charge is 0.481 e. The number of piperidine rings is 1. The van der Waals surface area contributed by atoms with Crippen molar-refractivity contribution in [3.63, 3.8) is 0 Å². The minimum atomic E-state index is -0.722. The summed E-state index contributed by atoms with van der Waals surface area (Å²) in [5.41, 5.74) is 7.07. The lowest BCUT2D eigenvalue weighted by Gasteiger charge is -2.32. The van der Waals surface area contributed by atoms with Crippen LogP contribution in [-0.2, 0) is 4.79 Å². The summed E-state index contributed by atoms with van der Waals surface area (Å²) in [4.78, 5) is 13.1. The molecule has 0 aromatic heterocycles. The number of carboxylic acids is 1. The van der Waals surface area contributed by atoms with Crippen molar-refractivity contribution in [2.75, 3.05) is 18.0 Å². The van der Waals surface area contributed by atoms with Crippen molar-refractivity contribution < 1.29 is 9.90 Å². The highest BCUT2D eigenvalue weighted by Crippen LogP contribution is 2.23. The average Bonchev–Trinajstić information content (AvgIpc) is 2.39. The van der Waals surface area contributed by atoms with E-state index in [1.165, 1.54) is 0 Å². The summed E-state index contributed by atoms with van der Waals surface area (Å²) in [6.07, 6.45) is 1.64. The Morgan fingerprint density at radius 3 is 2.53 bits per heavy atom. The van der Waals surface area contributed by atoms with E-state index in [1.54, 1.807) is 12.1 Å². The minimum Gasteiger partial charge on any atom is -0.481 e. The molecule has 1 saturated heterocycles. The maximum absolute atomic E-state index is 11.0. The third kappa shape index (κ3) is 3.61. The lowest BCUT2D eigenvalue weighted by Crippen LogP contribution is -2.38. The average molecular weight is 284 g/mol. The van der Waals surface area contributed by atoms with E-state index < -0.39 is 5.97 Å². The van der Waals surface area contributed by atoms with Gasteiger partial charge in [0.1, 0.15) is 5.84 Å². The molecule has 0 amide bonds. The lowest BCUT2D eigenvalue weighted by molar-refractivity contribution is -0.141. The standard InChI is InChI=1S/C13H17N3O2.ClH/c14-12(15)9-3-5-11(6-4-9)16-7-1-2-10(8-16)13(17)18;/h3-6,10H,1-2,7-8H2,(H3,14,15)(H,17,18);1H. The first-order chi connectivity index (χ1) is 8.58. The highest BCUT2D eigenvalue weighted by Gasteiger charge is 2.25. The Kier molecular flexibility index (Phi) is 5.18. The van der Waals surface area contributed by atoms with Crippen LogP contribution in [0.25, 0.3) is 0 Å². The lowest BCUT2D eigenvalue weighted by atomic mass is 9.97. The van der Waals surface area contributed by atoms with E-state index >= 15 is 0 Å². The number of benzene rings is 1. The van der Waals surface area contributed by atoms with Crippen LogP contribution in [0.2, 0.25) is 0 Å². The molecule has 1 unspecified atom stereocenters. The molecule has 0 spiro atoms. The van der Waals surface area contributed by atoms with Gasteiger partial charge in [0.25, 0.3) is 0 Å². The number of amidine groups is 1. The second-order valence-electron chi connectivity index (χ2n) is 4.58. The summed E-state index contributed by atoms with van der Waals surface area (Å²) < 4.78 is 0. The number of halogens is 1. The smallest absolute Gasteiger partial charge is 0.308 e. The number of carbonyl (C=O) groups is 1. The fourth-order valence-corrected chi connectivity index (χ4v) is 2.27. The fourth-order valence-electron chi connectivity index (χ4n) is 2.27. The third-order valence-corrected chi connectivity index (χ3v) is 3.31. The molecule has 0 saturated carbocycles. The van der Waals surface area contributed by atoms with Crippen LogP contribution in [-0.4, -0.2) is 30.0 Å². The van der Waals surface area contributed by atoms with Gasteiger partial charge in [0.2, 0.25) is 0 Å². The van der Waals surface area contributed by atoms with E-state index in [0.29, 0.717) is 12.1 Å². The van der Waals surface area contributed by atoms with Gasteiger partial charge in [0, 0.05) is 24.3 Å². The molecule has 0 aliphatic carbocycles. The molecule has 19 heavy (non-hydrogen) atoms. The Morgan fingerprint density at radius 2 is 2.00 bits per heavy atom. The molecule has 4 N–H and O–H groups in total. The molecule has 0 radical (unpaired) electrons. The first kappa shape index (κ1) is 15.3. The monoisotopic (exact) mass is 283 g/mol. The van der Waals surface area contributed by atoms with Gasteiger partial charge in [-0.05, 0) is 37.1 Å². The van der Waals surface area contributed by atoms with E-state index in [0.717, 1.165) is 25.1 Å². The van der Waals surface area contributed by atoms with Crippen molar-refractivity contribution in [3.8, 4) is 0 Å². The zero-order chi connectivity index (χ0) is 13.1. The van der Waals surface area contributed by atoms with E-state index in [2.05, 4.69) is 4.90 Å². The highest BCUT2D eigenvalue weighted by molar-refractivity contribution is 5.95. The number of hydrogen-bond donors (Lipinski definition) is 3. The number of nitrogens with zero attached hydrogens (tertiary/aromatic N) is 1. The predicted octanol–water partition coefficient (Wildman–Crippen LogP) is 1.69. The Hall–Kier alpha value is -1.75. The van der Waals surface area contributed by atoms with Crippen LogP contribution in [0.3, 0.4) is 0 Å². The highest BCUT2D eigenvalue weighted by atomic mass is 35.5. The van der Waals surface area contributed by atoms with Gasteiger partial charge in [-0.2, -0.15) is 0 Å². The summed E-state index contributed by atoms with van der Waals surface area (Å²) in [5.74, 6) is -0.963. The molecule has 1 aromatic rings. The molecular weight excluding hydrogens is 266 g/mol. The number of aliphatic carboxylic acids is 1. The number of nitrogens with one attached hydrogen (secondary N) is 1. The van der Waals surface area contributed by atoms with Crippen LogP contribution in [0.4, 0.5) is 5.69 Å². The van der Waals surface area contributed by atoms with Gasteiger partial charge in [-0.3, -0.25) is 10.2 Å². The van der Waals surface area contributed by atoms with Gasteiger partial charge in [-0.15, -0.1) is 12.4 Å². The van der Waals surface area contributed by atoms with E-state index in [-0.39, 0.29) is 24.2 Å². The van der Waals surface area contributed by atoms with Gasteiger partial charge < -0.3 is 15.7 Å². The van der Waals surface area contributed by atoms with Gasteiger partial charge >= 0.3 is 5.97 Å². The van der Waals surface area contributed by atoms with Crippen molar-refractivity contribution >= 4 is 29.9 Å². The van der Waals surface area contributed by atoms with Crippen molar-refractivity contribution in [2.45, 2.75) is 12.8 Å². The minimum absolute atomic E-state index is 0. The molecule has 1 aromatic carbocycles. The molecule has 1 fully saturated rings. The van der Waals surface area contributed by atoms with Crippen LogP contribution in [0.1, 0.15) is 18.4 Å². The predicted molar refractivity (Wildman–Crippen MR) is 77.3 cm³/mol. The maximum Gasteiger partial charge on any atom is 0.308 e. The van der Waals surface area contributed by atoms with Crippen LogP contribution in [0.15, 0.2) is 24.3 Å². The number of hydrogen-bond acceptors (Lipinski definition) is 3. The van der Waals surface area contributed by atoms with Gasteiger partial charge in [-0.25, -0.2) is 0 Å². The van der Waals surface area contributed by atoms with Crippen LogP contribution in [0, 0.1) is 11.3 Å². The van der Waals surface area contributed by atoms with E-state index in [1.807, 2.05) is 12.1 Å². The summed E-state index contributed by atoms with van der Waals surface area (Å²) in [6.45, 7) is 1.43. The SMILES string of the molecule is Cl.N=C(N)c1ccc(N2CCCC(C(=O)O)C2)cc1. The Balaban J connectivity index is 0.00000180. The topological polar surface area (TPSA) is 90.4 Å². The number of carboxylic acid groups (broad SMARTS) is 1.